The van der Waals surface area contributed by atoms with Crippen LogP contribution in [0.2, 0.25) is 0 Å². The molecule has 2 atom stereocenters. The molecule has 13 heavy (non-hydrogen) atoms. The van der Waals surface area contributed by atoms with E-state index in [0.29, 0.717) is 0 Å². The average molecular weight is 191 g/mol. The molecule has 0 radical (unpaired) electrons. The fraction of sp³-hybridized carbons (Fsp3) is 0.875. The zero-order valence-electron chi connectivity index (χ0n) is 7.90. The molecule has 0 amide bonds. The van der Waals surface area contributed by atoms with Gasteiger partial charge < -0.3 is 20.6 Å². The van der Waals surface area contributed by atoms with Crippen molar-refractivity contribution in [3.63, 3.8) is 0 Å². The van der Waals surface area contributed by atoms with Gasteiger partial charge in [-0.3, -0.25) is 4.79 Å². The number of carbonyl (C=O) groups is 1. The van der Waals surface area contributed by atoms with Gasteiger partial charge in [-0.2, -0.15) is 0 Å². The van der Waals surface area contributed by atoms with E-state index in [1.165, 1.54) is 0 Å². The normalized spacial score (nSPS) is 15.8. The molecule has 0 spiro atoms. The lowest BCUT2D eigenvalue weighted by Gasteiger charge is -2.19. The predicted octanol–water partition coefficient (Wildman–Crippen LogP) is -0.962. The highest BCUT2D eigenvalue weighted by Gasteiger charge is 2.21. The molecule has 0 aliphatic carbocycles. The third-order valence-corrected chi connectivity index (χ3v) is 1.72. The summed E-state index contributed by atoms with van der Waals surface area (Å²) in [6.07, 6.45) is -0.902. The maximum Gasteiger partial charge on any atom is 0.320 e. The van der Waals surface area contributed by atoms with E-state index in [9.17, 15) is 4.79 Å². The van der Waals surface area contributed by atoms with E-state index in [4.69, 9.17) is 15.3 Å². The minimum Gasteiger partial charge on any atom is -0.480 e. The number of aliphatic carboxylic acids is 1. The van der Waals surface area contributed by atoms with E-state index in [1.807, 2.05) is 0 Å². The van der Waals surface area contributed by atoms with Crippen LogP contribution in [-0.4, -0.2) is 46.6 Å². The molecule has 1 unspecified atom stereocenters. The van der Waals surface area contributed by atoms with Crippen LogP contribution in [0.1, 0.15) is 13.8 Å². The van der Waals surface area contributed by atoms with E-state index in [1.54, 1.807) is 13.8 Å². The Labute approximate surface area is 77.4 Å². The zero-order chi connectivity index (χ0) is 10.4. The van der Waals surface area contributed by atoms with Crippen LogP contribution in [-0.2, 0) is 4.79 Å². The van der Waals surface area contributed by atoms with Crippen LogP contribution in [0.15, 0.2) is 0 Å². The number of hydrogen-bond donors (Lipinski definition) is 4. The molecule has 0 aliphatic heterocycles. The lowest BCUT2D eigenvalue weighted by molar-refractivity contribution is -0.140. The number of aliphatic hydroxyl groups excluding tert-OH is 2. The molecule has 0 aromatic heterocycles. The highest BCUT2D eigenvalue weighted by molar-refractivity contribution is 5.73. The number of rotatable bonds is 6. The molecule has 0 bridgehead atoms. The number of nitrogens with one attached hydrogen (secondary N) is 1. The summed E-state index contributed by atoms with van der Waals surface area (Å²) in [7, 11) is 0. The number of aliphatic hydroxyl groups is 2. The van der Waals surface area contributed by atoms with Crippen molar-refractivity contribution in [2.75, 3.05) is 13.2 Å². The monoisotopic (exact) mass is 191 g/mol. The molecule has 0 aliphatic rings. The van der Waals surface area contributed by atoms with E-state index < -0.39 is 18.1 Å². The van der Waals surface area contributed by atoms with E-state index >= 15 is 0 Å². The van der Waals surface area contributed by atoms with Gasteiger partial charge in [-0.1, -0.05) is 13.8 Å². The molecule has 4 N–H and O–H groups in total. The fourth-order valence-electron chi connectivity index (χ4n) is 0.936. The molecule has 0 saturated heterocycles. The van der Waals surface area contributed by atoms with Crippen LogP contribution in [0.4, 0.5) is 0 Å². The first kappa shape index (κ1) is 12.3. The maximum atomic E-state index is 10.6. The molecular weight excluding hydrogens is 174 g/mol. The molecule has 0 aromatic carbocycles. The van der Waals surface area contributed by atoms with Crippen molar-refractivity contribution in [1.82, 2.24) is 5.32 Å². The van der Waals surface area contributed by atoms with E-state index in [0.717, 1.165) is 0 Å². The summed E-state index contributed by atoms with van der Waals surface area (Å²) in [6.45, 7) is 3.28. The highest BCUT2D eigenvalue weighted by Crippen LogP contribution is 2.01. The van der Waals surface area contributed by atoms with Gasteiger partial charge >= 0.3 is 5.97 Å². The molecule has 0 saturated carbocycles. The largest absolute Gasteiger partial charge is 0.480 e. The molecule has 0 rings (SSSR count). The van der Waals surface area contributed by atoms with Crippen molar-refractivity contribution >= 4 is 5.97 Å². The third kappa shape index (κ3) is 4.82. The van der Waals surface area contributed by atoms with Crippen molar-refractivity contribution in [2.45, 2.75) is 26.0 Å². The van der Waals surface area contributed by atoms with Crippen LogP contribution < -0.4 is 5.32 Å². The van der Waals surface area contributed by atoms with Crippen LogP contribution in [0.5, 0.6) is 0 Å². The number of carboxylic acids is 1. The van der Waals surface area contributed by atoms with E-state index in [2.05, 4.69) is 5.32 Å². The maximum absolute atomic E-state index is 10.6. The van der Waals surface area contributed by atoms with Crippen LogP contribution in [0.25, 0.3) is 0 Å². The molecule has 78 valence electrons. The van der Waals surface area contributed by atoms with Crippen LogP contribution in [0, 0.1) is 5.92 Å². The molecule has 0 aromatic rings. The minimum absolute atomic E-state index is 0.0524. The average Bonchev–Trinajstić information content (AvgIpc) is 2.03. The lowest BCUT2D eigenvalue weighted by Crippen LogP contribution is -2.44. The SMILES string of the molecule is CC(C)[C@H](NCC(O)CO)C(=O)O. The van der Waals surface area contributed by atoms with Gasteiger partial charge in [-0.05, 0) is 5.92 Å². The molecule has 5 nitrogen and oxygen atoms in total. The van der Waals surface area contributed by atoms with Crippen molar-refractivity contribution < 1.29 is 20.1 Å². The second kappa shape index (κ2) is 5.90. The topological polar surface area (TPSA) is 89.8 Å². The van der Waals surface area contributed by atoms with Gasteiger partial charge in [0, 0.05) is 6.54 Å². The third-order valence-electron chi connectivity index (χ3n) is 1.72. The summed E-state index contributed by atoms with van der Waals surface area (Å²) in [5, 5.41) is 28.8. The Kier molecular flexibility index (Phi) is 5.61. The first-order chi connectivity index (χ1) is 5.99. The first-order valence-corrected chi connectivity index (χ1v) is 4.24. The zero-order valence-corrected chi connectivity index (χ0v) is 7.90. The lowest BCUT2D eigenvalue weighted by atomic mass is 10.0. The Hall–Kier alpha value is -0.650. The van der Waals surface area contributed by atoms with Gasteiger partial charge in [0.2, 0.25) is 0 Å². The van der Waals surface area contributed by atoms with Gasteiger partial charge in [0.05, 0.1) is 12.7 Å². The van der Waals surface area contributed by atoms with Crippen LogP contribution in [0.3, 0.4) is 0 Å². The number of hydrogen-bond acceptors (Lipinski definition) is 4. The molecular formula is C8H17NO4. The summed E-state index contributed by atoms with van der Waals surface area (Å²) in [6, 6.07) is -0.679. The smallest absolute Gasteiger partial charge is 0.320 e. The van der Waals surface area contributed by atoms with Crippen molar-refractivity contribution in [3.8, 4) is 0 Å². The van der Waals surface area contributed by atoms with Gasteiger partial charge in [-0.15, -0.1) is 0 Å². The van der Waals surface area contributed by atoms with Gasteiger partial charge in [0.1, 0.15) is 6.04 Å². The van der Waals surface area contributed by atoms with Gasteiger partial charge in [0.25, 0.3) is 0 Å². The summed E-state index contributed by atoms with van der Waals surface area (Å²) >= 11 is 0. The summed E-state index contributed by atoms with van der Waals surface area (Å²) in [5.74, 6) is -0.997. The Morgan fingerprint density at radius 3 is 2.31 bits per heavy atom. The van der Waals surface area contributed by atoms with E-state index in [-0.39, 0.29) is 19.1 Å². The summed E-state index contributed by atoms with van der Waals surface area (Å²) < 4.78 is 0. The van der Waals surface area contributed by atoms with Crippen LogP contribution >= 0.6 is 0 Å². The summed E-state index contributed by atoms with van der Waals surface area (Å²) in [4.78, 5) is 10.6. The Morgan fingerprint density at radius 2 is 2.00 bits per heavy atom. The second-order valence-corrected chi connectivity index (χ2v) is 3.30. The van der Waals surface area contributed by atoms with Crippen molar-refractivity contribution in [1.29, 1.82) is 0 Å². The molecule has 5 heteroatoms. The van der Waals surface area contributed by atoms with Crippen molar-refractivity contribution in [2.24, 2.45) is 5.92 Å². The van der Waals surface area contributed by atoms with Gasteiger partial charge in [-0.25, -0.2) is 0 Å². The fourth-order valence-corrected chi connectivity index (χ4v) is 0.936. The molecule has 0 fully saturated rings. The minimum atomic E-state index is -0.944. The number of carboxylic acid groups (broad SMARTS) is 1. The Morgan fingerprint density at radius 1 is 1.46 bits per heavy atom. The van der Waals surface area contributed by atoms with Gasteiger partial charge in [0.15, 0.2) is 0 Å². The van der Waals surface area contributed by atoms with Crippen molar-refractivity contribution in [3.05, 3.63) is 0 Å². The Bertz CT molecular complexity index is 160. The Balaban J connectivity index is 3.90. The highest BCUT2D eigenvalue weighted by atomic mass is 16.4. The second-order valence-electron chi connectivity index (χ2n) is 3.30. The standard InChI is InChI=1S/C8H17NO4/c1-5(2)7(8(12)13)9-3-6(11)4-10/h5-7,9-11H,3-4H2,1-2H3,(H,12,13)/t6?,7-/m0/s1. The molecule has 0 heterocycles. The summed E-state index contributed by atoms with van der Waals surface area (Å²) in [5.41, 5.74) is 0. The first-order valence-electron chi connectivity index (χ1n) is 4.24. The predicted molar refractivity (Wildman–Crippen MR) is 47.4 cm³/mol. The quantitative estimate of drug-likeness (QED) is 0.434.